The zero-order chi connectivity index (χ0) is 49.3. The third-order valence-corrected chi connectivity index (χ3v) is 16.7. The van der Waals surface area contributed by atoms with E-state index in [0.717, 1.165) is 17.1 Å². The minimum atomic E-state index is -0.296. The lowest BCUT2D eigenvalue weighted by Gasteiger charge is -2.50. The molecule has 0 saturated heterocycles. The van der Waals surface area contributed by atoms with E-state index in [1.807, 2.05) is 11.3 Å². The van der Waals surface area contributed by atoms with E-state index < -0.39 is 0 Å². The van der Waals surface area contributed by atoms with Gasteiger partial charge in [0.2, 0.25) is 0 Å². The number of rotatable bonds is 9. The molecule has 0 spiro atoms. The Morgan fingerprint density at radius 3 is 1.00 bits per heavy atom. The summed E-state index contributed by atoms with van der Waals surface area (Å²) in [5.41, 5.74) is 24.1. The van der Waals surface area contributed by atoms with Gasteiger partial charge < -0.3 is 9.80 Å². The molecule has 2 aliphatic heterocycles. The average Bonchev–Trinajstić information content (AvgIpc) is 3.95. The summed E-state index contributed by atoms with van der Waals surface area (Å²) in [4.78, 5) is 7.49. The second-order valence-electron chi connectivity index (χ2n) is 20.6. The van der Waals surface area contributed by atoms with Crippen LogP contribution in [0.1, 0.15) is 49.9 Å². The Morgan fingerprint density at radius 2 is 0.589 bits per heavy atom. The molecule has 0 unspecified atom stereocenters. The Balaban J connectivity index is 0.924. The molecule has 0 amide bonds. The van der Waals surface area contributed by atoms with Crippen LogP contribution in [0, 0.1) is 0 Å². The number of anilines is 6. The molecule has 0 fully saturated rings. The second-order valence-corrected chi connectivity index (χ2v) is 21.7. The van der Waals surface area contributed by atoms with E-state index >= 15 is 0 Å². The van der Waals surface area contributed by atoms with Gasteiger partial charge in [-0.25, -0.2) is 0 Å². The zero-order valence-corrected chi connectivity index (χ0v) is 42.4. The highest BCUT2D eigenvalue weighted by Gasteiger charge is 2.46. The maximum atomic E-state index is 2.58. The van der Waals surface area contributed by atoms with E-state index in [4.69, 9.17) is 0 Å². The van der Waals surface area contributed by atoms with E-state index in [1.165, 1.54) is 105 Å². The standard InChI is InChI=1S/C70H54N2S/c1-69(2)60-43-54(48-19-11-6-12-20-48)31-39-64(60)72-65-40-32-55(49-21-13-7-14-22-49)44-61(65)70(3,4)63-46-56(45-62(69)68(63)72)51-27-35-58(36-28-51)71(57-33-25-50(26-34-57)47-17-9-5-10-18-47)59-37-29-53(30-38-59)67-42-41-66(73-67)52-23-15-8-16-24-52/h5-46H,1-4H3. The maximum absolute atomic E-state index is 2.58. The van der Waals surface area contributed by atoms with Crippen molar-refractivity contribution in [3.63, 3.8) is 0 Å². The first-order valence-corrected chi connectivity index (χ1v) is 26.2. The summed E-state index contributed by atoms with van der Waals surface area (Å²) in [5, 5.41) is 0. The summed E-state index contributed by atoms with van der Waals surface area (Å²) >= 11 is 1.84. The number of benzene rings is 10. The smallest absolute Gasteiger partial charge is 0.0544 e. The number of thiophene rings is 1. The number of hydrogen-bond acceptors (Lipinski definition) is 3. The zero-order valence-electron chi connectivity index (χ0n) is 41.6. The minimum absolute atomic E-state index is 0.296. The third-order valence-electron chi connectivity index (χ3n) is 15.5. The van der Waals surface area contributed by atoms with Gasteiger partial charge in [-0.15, -0.1) is 11.3 Å². The van der Waals surface area contributed by atoms with Gasteiger partial charge in [0.15, 0.2) is 0 Å². The van der Waals surface area contributed by atoms with Crippen LogP contribution >= 0.6 is 11.3 Å². The molecule has 0 N–H and O–H groups in total. The van der Waals surface area contributed by atoms with Gasteiger partial charge in [0.1, 0.15) is 0 Å². The first-order valence-electron chi connectivity index (χ1n) is 25.4. The molecule has 13 rings (SSSR count). The monoisotopic (exact) mass is 954 g/mol. The van der Waals surface area contributed by atoms with Crippen molar-refractivity contribution in [3.8, 4) is 65.4 Å². The molecule has 2 nitrogen and oxygen atoms in total. The van der Waals surface area contributed by atoms with Gasteiger partial charge in [-0.05, 0) is 163 Å². The van der Waals surface area contributed by atoms with Crippen LogP contribution in [-0.4, -0.2) is 0 Å². The first kappa shape index (κ1) is 44.4. The summed E-state index contributed by atoms with van der Waals surface area (Å²) < 4.78 is 0. The van der Waals surface area contributed by atoms with Crippen molar-refractivity contribution < 1.29 is 0 Å². The molecule has 3 heteroatoms. The molecule has 1 aromatic heterocycles. The van der Waals surface area contributed by atoms with Crippen LogP contribution in [0.25, 0.3) is 65.4 Å². The van der Waals surface area contributed by atoms with E-state index in [2.05, 4.69) is 292 Å². The quantitative estimate of drug-likeness (QED) is 0.142. The van der Waals surface area contributed by atoms with Gasteiger partial charge in [0.05, 0.1) is 17.1 Å². The molecule has 10 aromatic carbocycles. The predicted molar refractivity (Wildman–Crippen MR) is 311 cm³/mol. The molecular weight excluding hydrogens is 901 g/mol. The number of hydrogen-bond donors (Lipinski definition) is 0. The normalized spacial score (nSPS) is 13.7. The fourth-order valence-electron chi connectivity index (χ4n) is 11.4. The molecule has 3 heterocycles. The molecule has 350 valence electrons. The van der Waals surface area contributed by atoms with Crippen molar-refractivity contribution >= 4 is 45.5 Å². The molecule has 0 atom stereocenters. The molecule has 2 aliphatic rings. The molecule has 73 heavy (non-hydrogen) atoms. The Kier molecular flexibility index (Phi) is 10.8. The largest absolute Gasteiger partial charge is 0.311 e. The Morgan fingerprint density at radius 1 is 0.288 bits per heavy atom. The molecular formula is C70H54N2S. The van der Waals surface area contributed by atoms with Gasteiger partial charge >= 0.3 is 0 Å². The average molecular weight is 955 g/mol. The van der Waals surface area contributed by atoms with Gasteiger partial charge in [0, 0.05) is 37.6 Å². The van der Waals surface area contributed by atoms with Crippen LogP contribution in [0.2, 0.25) is 0 Å². The first-order chi connectivity index (χ1) is 35.7. The van der Waals surface area contributed by atoms with Crippen molar-refractivity contribution in [2.45, 2.75) is 38.5 Å². The van der Waals surface area contributed by atoms with Crippen molar-refractivity contribution in [2.75, 3.05) is 9.80 Å². The van der Waals surface area contributed by atoms with Gasteiger partial charge in [-0.1, -0.05) is 198 Å². The lowest BCUT2D eigenvalue weighted by molar-refractivity contribution is 0.598. The van der Waals surface area contributed by atoms with Crippen LogP contribution in [0.5, 0.6) is 0 Å². The van der Waals surface area contributed by atoms with E-state index in [0.29, 0.717) is 0 Å². The number of fused-ring (bicyclic) bond motifs is 4. The minimum Gasteiger partial charge on any atom is -0.311 e. The Labute approximate surface area is 433 Å². The van der Waals surface area contributed by atoms with Gasteiger partial charge in [-0.2, -0.15) is 0 Å². The Hall–Kier alpha value is -8.50. The van der Waals surface area contributed by atoms with E-state index in [-0.39, 0.29) is 10.8 Å². The van der Waals surface area contributed by atoms with E-state index in [9.17, 15) is 0 Å². The molecule has 11 aromatic rings. The molecule has 0 aliphatic carbocycles. The lowest BCUT2D eigenvalue weighted by atomic mass is 9.65. The van der Waals surface area contributed by atoms with E-state index in [1.54, 1.807) is 0 Å². The lowest BCUT2D eigenvalue weighted by Crippen LogP contribution is -2.38. The third kappa shape index (κ3) is 7.71. The second kappa shape index (κ2) is 17.7. The highest BCUT2D eigenvalue weighted by atomic mass is 32.1. The predicted octanol–water partition coefficient (Wildman–Crippen LogP) is 20.0. The maximum Gasteiger partial charge on any atom is 0.0544 e. The molecule has 0 radical (unpaired) electrons. The van der Waals surface area contributed by atoms with Crippen LogP contribution in [0.15, 0.2) is 255 Å². The van der Waals surface area contributed by atoms with Gasteiger partial charge in [0.25, 0.3) is 0 Å². The van der Waals surface area contributed by atoms with Crippen molar-refractivity contribution in [1.82, 2.24) is 0 Å². The highest BCUT2D eigenvalue weighted by Crippen LogP contribution is 2.61. The summed E-state index contributed by atoms with van der Waals surface area (Å²) in [7, 11) is 0. The van der Waals surface area contributed by atoms with Crippen LogP contribution in [0.4, 0.5) is 34.1 Å². The fraction of sp³-hybridized carbons (Fsp3) is 0.0857. The summed E-state index contributed by atoms with van der Waals surface area (Å²) in [6.07, 6.45) is 0. The molecule has 0 bridgehead atoms. The van der Waals surface area contributed by atoms with Crippen LogP contribution < -0.4 is 9.80 Å². The van der Waals surface area contributed by atoms with Crippen LogP contribution in [-0.2, 0) is 10.8 Å². The highest BCUT2D eigenvalue weighted by molar-refractivity contribution is 7.18. The Bertz CT molecular complexity index is 3670. The summed E-state index contributed by atoms with van der Waals surface area (Å²) in [6.45, 7) is 9.70. The van der Waals surface area contributed by atoms with Crippen molar-refractivity contribution in [2.24, 2.45) is 0 Å². The summed E-state index contributed by atoms with van der Waals surface area (Å²) in [6, 6.07) is 93.9. The molecule has 0 saturated carbocycles. The SMILES string of the molecule is CC1(C)c2cc(-c3ccccc3)ccc2N2c3ccc(-c4ccccc4)cc3C(C)(C)c3cc(-c4ccc(N(c5ccc(-c6ccccc6)cc5)c5ccc(-c6ccc(-c7ccccc7)s6)cc5)cc4)cc1c32. The van der Waals surface area contributed by atoms with Crippen molar-refractivity contribution in [1.29, 1.82) is 0 Å². The number of nitrogens with zero attached hydrogens (tertiary/aromatic N) is 2. The van der Waals surface area contributed by atoms with Crippen LogP contribution in [0.3, 0.4) is 0 Å². The van der Waals surface area contributed by atoms with Gasteiger partial charge in [-0.3, -0.25) is 0 Å². The van der Waals surface area contributed by atoms with Crippen molar-refractivity contribution in [3.05, 3.63) is 277 Å². The summed E-state index contributed by atoms with van der Waals surface area (Å²) in [5.74, 6) is 0. The topological polar surface area (TPSA) is 6.48 Å². The fourth-order valence-corrected chi connectivity index (χ4v) is 12.5.